The van der Waals surface area contributed by atoms with Crippen LogP contribution < -0.4 is 21.5 Å². The fourth-order valence-electron chi connectivity index (χ4n) is 3.43. The maximum Gasteiger partial charge on any atom is 0.264 e. The van der Waals surface area contributed by atoms with Crippen molar-refractivity contribution < 1.29 is 0 Å². The Hall–Kier alpha value is -2.90. The second-order valence-corrected chi connectivity index (χ2v) is 7.51. The number of anilines is 4. The van der Waals surface area contributed by atoms with Crippen LogP contribution in [-0.2, 0) is 6.42 Å². The number of nitrogens with two attached hydrogens (primary N) is 1. The van der Waals surface area contributed by atoms with E-state index in [1.54, 1.807) is 24.3 Å². The van der Waals surface area contributed by atoms with Gasteiger partial charge >= 0.3 is 0 Å². The average Bonchev–Trinajstić information content (AvgIpc) is 2.98. The summed E-state index contributed by atoms with van der Waals surface area (Å²) in [6, 6.07) is 15.2. The van der Waals surface area contributed by atoms with E-state index in [9.17, 15) is 4.79 Å². The van der Waals surface area contributed by atoms with Crippen molar-refractivity contribution in [2.45, 2.75) is 19.4 Å². The van der Waals surface area contributed by atoms with Gasteiger partial charge in [-0.25, -0.2) is 0 Å². The molecule has 6 nitrogen and oxygen atoms in total. The van der Waals surface area contributed by atoms with Gasteiger partial charge in [0.25, 0.3) is 5.56 Å². The van der Waals surface area contributed by atoms with E-state index in [1.807, 2.05) is 23.1 Å². The van der Waals surface area contributed by atoms with Crippen LogP contribution >= 0.6 is 23.8 Å². The van der Waals surface area contributed by atoms with E-state index in [0.29, 0.717) is 16.7 Å². The van der Waals surface area contributed by atoms with Crippen molar-refractivity contribution in [3.05, 3.63) is 75.0 Å². The number of nitrogens with one attached hydrogen (secondary N) is 2. The van der Waals surface area contributed by atoms with E-state index in [-0.39, 0.29) is 28.0 Å². The number of nitrogens with zero attached hydrogens (tertiary/aromatic N) is 2. The Morgan fingerprint density at radius 1 is 1.29 bits per heavy atom. The minimum atomic E-state index is -0.384. The maximum atomic E-state index is 12.8. The smallest absolute Gasteiger partial charge is 0.264 e. The molecule has 0 spiro atoms. The summed E-state index contributed by atoms with van der Waals surface area (Å²) in [7, 11) is 0. The molecular weight excluding hydrogens is 394 g/mol. The standard InChI is InChI=1S/C20H18ClN5OS/c1-11-10-12-4-2-3-5-15(12)26(11)20-24-17(22)16(18(27)25-20)19(28)23-14-8-6-13(21)7-9-14/h2-9,11H,10H2,1H3,(H,23,28)(H3,22,24,25,27)/t11-/m1/s1. The van der Waals surface area contributed by atoms with Crippen LogP contribution in [0.25, 0.3) is 0 Å². The summed E-state index contributed by atoms with van der Waals surface area (Å²) in [4.78, 5) is 22.2. The highest BCUT2D eigenvalue weighted by molar-refractivity contribution is 7.81. The lowest BCUT2D eigenvalue weighted by Gasteiger charge is -2.23. The number of benzene rings is 2. The summed E-state index contributed by atoms with van der Waals surface area (Å²) in [5, 5.41) is 3.61. The third-order valence-electron chi connectivity index (χ3n) is 4.70. The van der Waals surface area contributed by atoms with Gasteiger partial charge in [-0.3, -0.25) is 9.78 Å². The molecule has 0 unspecified atom stereocenters. The molecule has 0 amide bonds. The van der Waals surface area contributed by atoms with Gasteiger partial charge in [-0.1, -0.05) is 42.0 Å². The molecule has 0 aliphatic carbocycles. The molecule has 8 heteroatoms. The number of H-pyrrole nitrogens is 1. The quantitative estimate of drug-likeness (QED) is 0.567. The first kappa shape index (κ1) is 18.5. The van der Waals surface area contributed by atoms with Crippen LogP contribution in [0.1, 0.15) is 18.1 Å². The zero-order valence-electron chi connectivity index (χ0n) is 15.1. The molecule has 142 valence electrons. The first-order chi connectivity index (χ1) is 13.4. The molecule has 4 rings (SSSR count). The molecule has 0 saturated carbocycles. The van der Waals surface area contributed by atoms with Gasteiger partial charge in [0.2, 0.25) is 5.95 Å². The van der Waals surface area contributed by atoms with Crippen LogP contribution in [0.5, 0.6) is 0 Å². The Kier molecular flexibility index (Phi) is 4.78. The second-order valence-electron chi connectivity index (χ2n) is 6.66. The van der Waals surface area contributed by atoms with Gasteiger partial charge in [-0.15, -0.1) is 0 Å². The van der Waals surface area contributed by atoms with Gasteiger partial charge in [0.1, 0.15) is 16.4 Å². The molecule has 2 aromatic carbocycles. The van der Waals surface area contributed by atoms with Gasteiger partial charge in [0.15, 0.2) is 0 Å². The minimum Gasteiger partial charge on any atom is -0.383 e. The van der Waals surface area contributed by atoms with Gasteiger partial charge < -0.3 is 16.0 Å². The largest absolute Gasteiger partial charge is 0.383 e. The Morgan fingerprint density at radius 2 is 2.00 bits per heavy atom. The molecule has 3 aromatic rings. The Labute approximate surface area is 172 Å². The van der Waals surface area contributed by atoms with Crippen LogP contribution in [0.3, 0.4) is 0 Å². The average molecular weight is 412 g/mol. The zero-order valence-corrected chi connectivity index (χ0v) is 16.6. The first-order valence-electron chi connectivity index (χ1n) is 8.78. The Morgan fingerprint density at radius 3 is 2.71 bits per heavy atom. The van der Waals surface area contributed by atoms with Crippen molar-refractivity contribution in [3.63, 3.8) is 0 Å². The Balaban J connectivity index is 1.67. The van der Waals surface area contributed by atoms with Crippen molar-refractivity contribution in [2.24, 2.45) is 0 Å². The number of nitrogen functional groups attached to an aromatic ring is 1. The van der Waals surface area contributed by atoms with Crippen molar-refractivity contribution >= 4 is 51.9 Å². The maximum absolute atomic E-state index is 12.8. The van der Waals surface area contributed by atoms with Crippen LogP contribution in [0.4, 0.5) is 23.1 Å². The number of hydrogen-bond donors (Lipinski definition) is 3. The monoisotopic (exact) mass is 411 g/mol. The predicted molar refractivity (Wildman–Crippen MR) is 118 cm³/mol. The van der Waals surface area contributed by atoms with Crippen molar-refractivity contribution in [2.75, 3.05) is 16.0 Å². The van der Waals surface area contributed by atoms with Crippen LogP contribution in [0.2, 0.25) is 5.02 Å². The zero-order chi connectivity index (χ0) is 19.8. The second kappa shape index (κ2) is 7.26. The molecule has 1 aliphatic heterocycles. The number of hydrogen-bond acceptors (Lipinski definition) is 5. The first-order valence-corrected chi connectivity index (χ1v) is 9.56. The molecule has 0 fully saturated rings. The Bertz CT molecular complexity index is 1110. The topological polar surface area (TPSA) is 87.0 Å². The van der Waals surface area contributed by atoms with Crippen LogP contribution in [0, 0.1) is 0 Å². The van der Waals surface area contributed by atoms with E-state index < -0.39 is 0 Å². The van der Waals surface area contributed by atoms with Crippen LogP contribution in [-0.4, -0.2) is 21.0 Å². The molecule has 1 atom stereocenters. The molecule has 0 bridgehead atoms. The summed E-state index contributed by atoms with van der Waals surface area (Å²) in [6.45, 7) is 2.08. The molecule has 4 N–H and O–H groups in total. The van der Waals surface area contributed by atoms with E-state index in [0.717, 1.165) is 12.1 Å². The molecule has 1 aromatic heterocycles. The van der Waals surface area contributed by atoms with E-state index >= 15 is 0 Å². The fraction of sp³-hybridized carbons (Fsp3) is 0.150. The third-order valence-corrected chi connectivity index (χ3v) is 5.26. The number of halogens is 1. The summed E-state index contributed by atoms with van der Waals surface area (Å²) in [6.07, 6.45) is 0.873. The van der Waals surface area contributed by atoms with Crippen molar-refractivity contribution in [3.8, 4) is 0 Å². The van der Waals surface area contributed by atoms with Crippen LogP contribution in [0.15, 0.2) is 53.3 Å². The van der Waals surface area contributed by atoms with Crippen molar-refractivity contribution in [1.29, 1.82) is 0 Å². The summed E-state index contributed by atoms with van der Waals surface area (Å²) in [5.41, 5.74) is 8.83. The molecular formula is C20H18ClN5OS. The summed E-state index contributed by atoms with van der Waals surface area (Å²) >= 11 is 11.3. The number of para-hydroxylation sites is 1. The normalized spacial score (nSPS) is 15.4. The molecule has 0 radical (unpaired) electrons. The SMILES string of the molecule is C[C@@H]1Cc2ccccc2N1c1nc(N)c(C(=S)Nc2ccc(Cl)cc2)c(=O)[nH]1. The summed E-state index contributed by atoms with van der Waals surface area (Å²) in [5.74, 6) is 0.500. The number of rotatable bonds is 3. The van der Waals surface area contributed by atoms with Crippen molar-refractivity contribution in [1.82, 2.24) is 9.97 Å². The highest BCUT2D eigenvalue weighted by Gasteiger charge is 2.29. The number of thiocarbonyl (C=S) groups is 1. The van der Waals surface area contributed by atoms with E-state index in [2.05, 4.69) is 28.3 Å². The lowest BCUT2D eigenvalue weighted by molar-refractivity contribution is 0.738. The lowest BCUT2D eigenvalue weighted by atomic mass is 10.1. The van der Waals surface area contributed by atoms with Gasteiger partial charge in [0, 0.05) is 22.4 Å². The third kappa shape index (κ3) is 3.34. The molecule has 0 saturated heterocycles. The fourth-order valence-corrected chi connectivity index (χ4v) is 3.87. The van der Waals surface area contributed by atoms with Gasteiger partial charge in [0.05, 0.1) is 0 Å². The number of aromatic amines is 1. The minimum absolute atomic E-state index is 0.0850. The number of fused-ring (bicyclic) bond motifs is 1. The lowest BCUT2D eigenvalue weighted by Crippen LogP contribution is -2.31. The highest BCUT2D eigenvalue weighted by Crippen LogP contribution is 2.36. The van der Waals surface area contributed by atoms with E-state index in [4.69, 9.17) is 29.6 Å². The van der Waals surface area contributed by atoms with Gasteiger partial charge in [-0.05, 0) is 49.2 Å². The predicted octanol–water partition coefficient (Wildman–Crippen LogP) is 3.88. The van der Waals surface area contributed by atoms with Gasteiger partial charge in [-0.2, -0.15) is 4.98 Å². The number of aromatic nitrogens is 2. The molecule has 28 heavy (non-hydrogen) atoms. The molecule has 2 heterocycles. The van der Waals surface area contributed by atoms with E-state index in [1.165, 1.54) is 5.56 Å². The molecule has 1 aliphatic rings. The highest BCUT2D eigenvalue weighted by atomic mass is 35.5. The summed E-state index contributed by atoms with van der Waals surface area (Å²) < 4.78 is 0.